The fraction of sp³-hybridized carbons (Fsp3) is 0.462. The molecule has 1 amide bonds. The summed E-state index contributed by atoms with van der Waals surface area (Å²) in [6, 6.07) is 9.77. The number of allylic oxidation sites excluding steroid dienone is 1. The average molecular weight is 477 g/mol. The van der Waals surface area contributed by atoms with Gasteiger partial charge in [-0.1, -0.05) is 18.2 Å². The molecule has 1 aromatic heterocycles. The summed E-state index contributed by atoms with van der Waals surface area (Å²) in [5, 5.41) is 24.8. The number of aromatic nitrogens is 2. The zero-order chi connectivity index (χ0) is 24.5. The number of guanidine groups is 1. The van der Waals surface area contributed by atoms with E-state index in [1.54, 1.807) is 0 Å². The highest BCUT2D eigenvalue weighted by Gasteiger charge is 2.26. The maximum Gasteiger partial charge on any atom is 0.221 e. The first-order chi connectivity index (χ1) is 17.1. The van der Waals surface area contributed by atoms with Crippen LogP contribution in [-0.2, 0) is 11.2 Å². The zero-order valence-corrected chi connectivity index (χ0v) is 20.4. The Hall–Kier alpha value is -3.46. The monoisotopic (exact) mass is 476 g/mol. The number of carbonyl (C=O) groups is 1. The Bertz CT molecular complexity index is 1050. The molecule has 0 radical (unpaired) electrons. The summed E-state index contributed by atoms with van der Waals surface area (Å²) in [6.07, 6.45) is 9.77. The van der Waals surface area contributed by atoms with Crippen LogP contribution in [0.25, 0.3) is 0 Å². The SMILES string of the molecule is C/C=C/C(=N\C(=N)Nc1ccc(CCC(=O)NCCN2CCCC2)cc1)Nc1cc(C2CC2)n[nH]1. The quantitative estimate of drug-likeness (QED) is 0.263. The number of aromatic amines is 1. The maximum absolute atomic E-state index is 12.1. The Morgan fingerprint density at radius 2 is 2.00 bits per heavy atom. The normalized spacial score (nSPS) is 16.5. The summed E-state index contributed by atoms with van der Waals surface area (Å²) in [7, 11) is 0. The number of hydrogen-bond donors (Lipinski definition) is 5. The standard InChI is InChI=1S/C26H36N8O/c1-2-5-23(30-24-18-22(32-33-24)20-9-10-20)31-26(27)29-21-11-6-19(7-12-21)8-13-25(35)28-14-17-34-15-3-4-16-34/h2,5-7,11-12,18,20H,3-4,8-10,13-17H2,1H3,(H,28,35)(H4,27,29,30,31,32,33)/b5-2+. The van der Waals surface area contributed by atoms with E-state index in [1.165, 1.54) is 25.7 Å². The van der Waals surface area contributed by atoms with E-state index in [4.69, 9.17) is 5.41 Å². The first-order valence-corrected chi connectivity index (χ1v) is 12.6. The van der Waals surface area contributed by atoms with Crippen molar-refractivity contribution in [2.75, 3.05) is 36.8 Å². The molecule has 1 aliphatic carbocycles. The van der Waals surface area contributed by atoms with E-state index in [2.05, 4.69) is 36.0 Å². The largest absolute Gasteiger partial charge is 0.355 e. The second kappa shape index (κ2) is 12.3. The summed E-state index contributed by atoms with van der Waals surface area (Å²) in [5.41, 5.74) is 2.93. The van der Waals surface area contributed by atoms with Crippen LogP contribution in [0.15, 0.2) is 47.5 Å². The van der Waals surface area contributed by atoms with Gasteiger partial charge in [-0.05, 0) is 75.9 Å². The van der Waals surface area contributed by atoms with Crippen LogP contribution in [-0.4, -0.2) is 59.0 Å². The second-order valence-corrected chi connectivity index (χ2v) is 9.17. The van der Waals surface area contributed by atoms with E-state index in [-0.39, 0.29) is 11.9 Å². The number of nitrogens with zero attached hydrogens (tertiary/aromatic N) is 3. The molecule has 1 saturated carbocycles. The lowest BCUT2D eigenvalue weighted by molar-refractivity contribution is -0.121. The fourth-order valence-corrected chi connectivity index (χ4v) is 4.14. The van der Waals surface area contributed by atoms with E-state index < -0.39 is 0 Å². The van der Waals surface area contributed by atoms with Gasteiger partial charge >= 0.3 is 0 Å². The van der Waals surface area contributed by atoms with Gasteiger partial charge in [0, 0.05) is 37.2 Å². The number of H-pyrrole nitrogens is 1. The summed E-state index contributed by atoms with van der Waals surface area (Å²) in [6.45, 7) is 5.87. The number of rotatable bonds is 10. The molecule has 2 aliphatic rings. The molecule has 9 nitrogen and oxygen atoms in total. The van der Waals surface area contributed by atoms with E-state index in [9.17, 15) is 4.79 Å². The maximum atomic E-state index is 12.1. The Morgan fingerprint density at radius 1 is 1.23 bits per heavy atom. The number of aliphatic imine (C=N–C) groups is 1. The lowest BCUT2D eigenvalue weighted by Crippen LogP contribution is -2.33. The number of amides is 1. The van der Waals surface area contributed by atoms with Gasteiger partial charge in [0.1, 0.15) is 11.7 Å². The molecule has 0 unspecified atom stereocenters. The molecule has 0 atom stereocenters. The molecule has 5 N–H and O–H groups in total. The van der Waals surface area contributed by atoms with Crippen LogP contribution >= 0.6 is 0 Å². The van der Waals surface area contributed by atoms with Gasteiger partial charge in [0.15, 0.2) is 0 Å². The lowest BCUT2D eigenvalue weighted by atomic mass is 10.1. The topological polar surface area (TPSA) is 121 Å². The molecule has 1 aromatic carbocycles. The van der Waals surface area contributed by atoms with Gasteiger partial charge in [0.2, 0.25) is 11.9 Å². The predicted octanol–water partition coefficient (Wildman–Crippen LogP) is 3.87. The Morgan fingerprint density at radius 3 is 2.71 bits per heavy atom. The van der Waals surface area contributed by atoms with E-state index in [0.29, 0.717) is 24.6 Å². The molecular weight excluding hydrogens is 440 g/mol. The Labute approximate surface area is 207 Å². The number of likely N-dealkylation sites (tertiary alicyclic amines) is 1. The summed E-state index contributed by atoms with van der Waals surface area (Å²) >= 11 is 0. The van der Waals surface area contributed by atoms with Crippen LogP contribution in [0.3, 0.4) is 0 Å². The minimum absolute atomic E-state index is 0.0256. The number of amidine groups is 1. The van der Waals surface area contributed by atoms with Crippen molar-refractivity contribution >= 4 is 29.2 Å². The molecule has 2 heterocycles. The second-order valence-electron chi connectivity index (χ2n) is 9.17. The minimum Gasteiger partial charge on any atom is -0.355 e. The number of aryl methyl sites for hydroxylation is 1. The van der Waals surface area contributed by atoms with Crippen LogP contribution in [0.4, 0.5) is 11.5 Å². The van der Waals surface area contributed by atoms with Crippen LogP contribution in [0.1, 0.15) is 56.2 Å². The van der Waals surface area contributed by atoms with Crippen molar-refractivity contribution in [1.82, 2.24) is 20.4 Å². The summed E-state index contributed by atoms with van der Waals surface area (Å²) < 4.78 is 0. The summed E-state index contributed by atoms with van der Waals surface area (Å²) in [4.78, 5) is 18.9. The molecule has 1 saturated heterocycles. The molecule has 0 bridgehead atoms. The van der Waals surface area contributed by atoms with Gasteiger partial charge in [-0.15, -0.1) is 0 Å². The smallest absolute Gasteiger partial charge is 0.221 e. The van der Waals surface area contributed by atoms with Crippen molar-refractivity contribution in [3.8, 4) is 0 Å². The zero-order valence-electron chi connectivity index (χ0n) is 20.4. The van der Waals surface area contributed by atoms with Gasteiger partial charge in [0.25, 0.3) is 0 Å². The molecule has 9 heteroatoms. The molecule has 0 spiro atoms. The Balaban J connectivity index is 1.21. The van der Waals surface area contributed by atoms with Gasteiger partial charge < -0.3 is 20.9 Å². The van der Waals surface area contributed by atoms with Crippen molar-refractivity contribution in [2.45, 2.75) is 51.4 Å². The molecule has 186 valence electrons. The van der Waals surface area contributed by atoms with Crippen molar-refractivity contribution in [3.63, 3.8) is 0 Å². The minimum atomic E-state index is 0.0256. The molecule has 1 aliphatic heterocycles. The molecule has 2 fully saturated rings. The third-order valence-electron chi connectivity index (χ3n) is 6.22. The molecular formula is C26H36N8O. The average Bonchev–Trinajstić information content (AvgIpc) is 3.36. The van der Waals surface area contributed by atoms with Crippen LogP contribution < -0.4 is 16.0 Å². The van der Waals surface area contributed by atoms with Crippen LogP contribution in [0, 0.1) is 5.41 Å². The number of hydrogen-bond acceptors (Lipinski definition) is 4. The van der Waals surface area contributed by atoms with Crippen molar-refractivity contribution in [3.05, 3.63) is 53.7 Å². The number of anilines is 2. The van der Waals surface area contributed by atoms with E-state index >= 15 is 0 Å². The predicted molar refractivity (Wildman–Crippen MR) is 141 cm³/mol. The van der Waals surface area contributed by atoms with Gasteiger partial charge in [-0.2, -0.15) is 10.1 Å². The van der Waals surface area contributed by atoms with E-state index in [0.717, 1.165) is 48.9 Å². The van der Waals surface area contributed by atoms with Crippen molar-refractivity contribution in [1.29, 1.82) is 5.41 Å². The Kier molecular flexibility index (Phi) is 8.67. The third kappa shape index (κ3) is 8.06. The van der Waals surface area contributed by atoms with Crippen molar-refractivity contribution < 1.29 is 4.79 Å². The van der Waals surface area contributed by atoms with Crippen LogP contribution in [0.5, 0.6) is 0 Å². The van der Waals surface area contributed by atoms with Gasteiger partial charge in [-0.25, -0.2) is 0 Å². The third-order valence-corrected chi connectivity index (χ3v) is 6.22. The highest BCUT2D eigenvalue weighted by atomic mass is 16.1. The molecule has 4 rings (SSSR count). The lowest BCUT2D eigenvalue weighted by Gasteiger charge is -2.14. The van der Waals surface area contributed by atoms with E-state index in [1.807, 2.05) is 49.4 Å². The molecule has 2 aromatic rings. The highest BCUT2D eigenvalue weighted by Crippen LogP contribution is 2.39. The molecule has 35 heavy (non-hydrogen) atoms. The first kappa shape index (κ1) is 24.7. The number of carbonyl (C=O) groups excluding carboxylic acids is 1. The fourth-order valence-electron chi connectivity index (χ4n) is 4.14. The number of nitrogens with one attached hydrogen (secondary N) is 5. The van der Waals surface area contributed by atoms with Gasteiger partial charge in [0.05, 0.1) is 5.69 Å². The van der Waals surface area contributed by atoms with Gasteiger partial charge in [-0.3, -0.25) is 15.3 Å². The first-order valence-electron chi connectivity index (χ1n) is 12.6. The summed E-state index contributed by atoms with van der Waals surface area (Å²) in [5.74, 6) is 2.00. The van der Waals surface area contributed by atoms with Crippen LogP contribution in [0.2, 0.25) is 0 Å². The highest BCUT2D eigenvalue weighted by molar-refractivity contribution is 6.10. The van der Waals surface area contributed by atoms with Crippen molar-refractivity contribution in [2.24, 2.45) is 4.99 Å². The number of benzene rings is 1.